The van der Waals surface area contributed by atoms with Crippen molar-refractivity contribution in [1.82, 2.24) is 15.5 Å². The quantitative estimate of drug-likeness (QED) is 0.652. The Morgan fingerprint density at radius 2 is 1.81 bits per heavy atom. The maximum atomic E-state index is 12.9. The predicted molar refractivity (Wildman–Crippen MR) is 103 cm³/mol. The Balaban J connectivity index is 1.93. The van der Waals surface area contributed by atoms with Gasteiger partial charge in [-0.2, -0.15) is 0 Å². The van der Waals surface area contributed by atoms with E-state index >= 15 is 0 Å². The van der Waals surface area contributed by atoms with E-state index in [1.807, 2.05) is 13.8 Å². The highest BCUT2D eigenvalue weighted by molar-refractivity contribution is 6.12. The number of urea groups is 1. The van der Waals surface area contributed by atoms with E-state index in [1.54, 1.807) is 37.3 Å². The number of benzene rings is 1. The van der Waals surface area contributed by atoms with Crippen molar-refractivity contribution < 1.29 is 14.1 Å². The molecule has 2 heterocycles. The SMILES string of the molecule is CNC(=O)Nc1cccc(NC(=O)c2cc(C(C)C)nc3onc(C)c23)c1. The monoisotopic (exact) mass is 367 g/mol. The van der Waals surface area contributed by atoms with E-state index in [0.717, 1.165) is 5.69 Å². The smallest absolute Gasteiger partial charge is 0.318 e. The lowest BCUT2D eigenvalue weighted by Gasteiger charge is -2.11. The molecule has 3 rings (SSSR count). The minimum atomic E-state index is -0.337. The van der Waals surface area contributed by atoms with E-state index < -0.39 is 0 Å². The van der Waals surface area contributed by atoms with Crippen LogP contribution in [0.25, 0.3) is 11.1 Å². The number of carbonyl (C=O) groups is 2. The van der Waals surface area contributed by atoms with E-state index in [0.29, 0.717) is 33.7 Å². The number of hydrogen-bond acceptors (Lipinski definition) is 5. The standard InChI is InChI=1S/C19H21N5O3/c1-10(2)15-9-14(16-11(3)24-27-18(16)23-15)17(25)21-12-6-5-7-13(8-12)22-19(26)20-4/h5-10H,1-4H3,(H,21,25)(H2,20,22,26). The normalized spacial score (nSPS) is 10.9. The van der Waals surface area contributed by atoms with E-state index in [9.17, 15) is 9.59 Å². The number of anilines is 2. The van der Waals surface area contributed by atoms with Gasteiger partial charge in [0.25, 0.3) is 11.6 Å². The largest absolute Gasteiger partial charge is 0.341 e. The van der Waals surface area contributed by atoms with E-state index in [-0.39, 0.29) is 17.9 Å². The third kappa shape index (κ3) is 3.89. The van der Waals surface area contributed by atoms with Gasteiger partial charge in [-0.25, -0.2) is 9.78 Å². The van der Waals surface area contributed by atoms with Gasteiger partial charge in [0.1, 0.15) is 0 Å². The summed E-state index contributed by atoms with van der Waals surface area (Å²) in [6.07, 6.45) is 0. The number of amides is 3. The molecule has 0 saturated carbocycles. The zero-order chi connectivity index (χ0) is 19.6. The summed E-state index contributed by atoms with van der Waals surface area (Å²) in [5.74, 6) is -0.167. The van der Waals surface area contributed by atoms with Crippen LogP contribution in [0.2, 0.25) is 0 Å². The van der Waals surface area contributed by atoms with Gasteiger partial charge in [-0.1, -0.05) is 25.1 Å². The molecule has 3 amide bonds. The van der Waals surface area contributed by atoms with Gasteiger partial charge in [0.05, 0.1) is 16.6 Å². The fourth-order valence-electron chi connectivity index (χ4n) is 2.66. The van der Waals surface area contributed by atoms with Gasteiger partial charge in [-0.3, -0.25) is 4.79 Å². The van der Waals surface area contributed by atoms with Gasteiger partial charge >= 0.3 is 6.03 Å². The zero-order valence-electron chi connectivity index (χ0n) is 15.6. The number of aryl methyl sites for hydroxylation is 1. The maximum Gasteiger partial charge on any atom is 0.318 e. The van der Waals surface area contributed by atoms with Crippen molar-refractivity contribution >= 4 is 34.4 Å². The molecule has 0 bridgehead atoms. The number of nitrogens with one attached hydrogen (secondary N) is 3. The van der Waals surface area contributed by atoms with Crippen LogP contribution in [0.5, 0.6) is 0 Å². The van der Waals surface area contributed by atoms with Crippen LogP contribution in [0.3, 0.4) is 0 Å². The van der Waals surface area contributed by atoms with Crippen LogP contribution >= 0.6 is 0 Å². The molecule has 0 saturated heterocycles. The van der Waals surface area contributed by atoms with Crippen molar-refractivity contribution in [2.75, 3.05) is 17.7 Å². The summed E-state index contributed by atoms with van der Waals surface area (Å²) < 4.78 is 5.26. The van der Waals surface area contributed by atoms with Gasteiger partial charge in [0, 0.05) is 24.1 Å². The highest BCUT2D eigenvalue weighted by Crippen LogP contribution is 2.26. The predicted octanol–water partition coefficient (Wildman–Crippen LogP) is 3.66. The summed E-state index contributed by atoms with van der Waals surface area (Å²) in [6.45, 7) is 5.76. The Hall–Kier alpha value is -3.42. The molecular weight excluding hydrogens is 346 g/mol. The average Bonchev–Trinajstić information content (AvgIpc) is 3.02. The van der Waals surface area contributed by atoms with E-state index in [2.05, 4.69) is 26.1 Å². The van der Waals surface area contributed by atoms with Crippen LogP contribution in [-0.4, -0.2) is 29.1 Å². The molecule has 0 aliphatic heterocycles. The molecule has 0 atom stereocenters. The minimum Gasteiger partial charge on any atom is -0.341 e. The molecular formula is C19H21N5O3. The minimum absolute atomic E-state index is 0.131. The lowest BCUT2D eigenvalue weighted by molar-refractivity contribution is 0.102. The summed E-state index contributed by atoms with van der Waals surface area (Å²) >= 11 is 0. The Kier molecular flexibility index (Phi) is 5.07. The van der Waals surface area contributed by atoms with Gasteiger partial charge in [-0.05, 0) is 37.1 Å². The second-order valence-electron chi connectivity index (χ2n) is 6.44. The molecule has 0 unspecified atom stereocenters. The van der Waals surface area contributed by atoms with Gasteiger partial charge in [0.15, 0.2) is 0 Å². The summed E-state index contributed by atoms with van der Waals surface area (Å²) in [5.41, 5.74) is 3.27. The molecule has 3 aromatic rings. The molecule has 0 fully saturated rings. The van der Waals surface area contributed by atoms with Crippen molar-refractivity contribution in [2.45, 2.75) is 26.7 Å². The average molecular weight is 367 g/mol. The van der Waals surface area contributed by atoms with Crippen LogP contribution < -0.4 is 16.0 Å². The van der Waals surface area contributed by atoms with Crippen LogP contribution in [0.15, 0.2) is 34.9 Å². The molecule has 0 aliphatic carbocycles. The van der Waals surface area contributed by atoms with Crippen LogP contribution in [0.1, 0.15) is 41.5 Å². The number of pyridine rings is 1. The number of aromatic nitrogens is 2. The number of fused-ring (bicyclic) bond motifs is 1. The molecule has 0 radical (unpaired) electrons. The molecule has 8 nitrogen and oxygen atoms in total. The fraction of sp³-hybridized carbons (Fsp3) is 0.263. The second-order valence-corrected chi connectivity index (χ2v) is 6.44. The van der Waals surface area contributed by atoms with Crippen molar-refractivity contribution in [1.29, 1.82) is 0 Å². The highest BCUT2D eigenvalue weighted by Gasteiger charge is 2.20. The molecule has 2 aromatic heterocycles. The molecule has 0 aliphatic rings. The van der Waals surface area contributed by atoms with Crippen LogP contribution in [0.4, 0.5) is 16.2 Å². The van der Waals surface area contributed by atoms with Crippen molar-refractivity contribution in [3.63, 3.8) is 0 Å². The number of rotatable bonds is 4. The Morgan fingerprint density at radius 3 is 2.48 bits per heavy atom. The van der Waals surface area contributed by atoms with Crippen LogP contribution in [0, 0.1) is 6.92 Å². The first-order valence-corrected chi connectivity index (χ1v) is 8.56. The summed E-state index contributed by atoms with van der Waals surface area (Å²) in [5, 5.41) is 12.5. The zero-order valence-corrected chi connectivity index (χ0v) is 15.6. The first kappa shape index (κ1) is 18.4. The van der Waals surface area contributed by atoms with Crippen molar-refractivity contribution in [3.05, 3.63) is 47.3 Å². The Bertz CT molecular complexity index is 1010. The molecule has 1 aromatic carbocycles. The van der Waals surface area contributed by atoms with Gasteiger partial charge < -0.3 is 20.5 Å². The molecule has 27 heavy (non-hydrogen) atoms. The summed E-state index contributed by atoms with van der Waals surface area (Å²) in [4.78, 5) is 28.8. The molecule has 140 valence electrons. The lowest BCUT2D eigenvalue weighted by Crippen LogP contribution is -2.24. The number of carbonyl (C=O) groups excluding carboxylic acids is 2. The van der Waals surface area contributed by atoms with Crippen molar-refractivity contribution in [2.24, 2.45) is 0 Å². The third-order valence-electron chi connectivity index (χ3n) is 4.08. The second kappa shape index (κ2) is 7.45. The van der Waals surface area contributed by atoms with E-state index in [4.69, 9.17) is 4.52 Å². The van der Waals surface area contributed by atoms with Crippen LogP contribution in [-0.2, 0) is 0 Å². The number of nitrogens with zero attached hydrogens (tertiary/aromatic N) is 2. The Labute approximate surface area is 156 Å². The fourth-order valence-corrected chi connectivity index (χ4v) is 2.66. The molecule has 8 heteroatoms. The number of hydrogen-bond donors (Lipinski definition) is 3. The van der Waals surface area contributed by atoms with Gasteiger partial charge in [0.2, 0.25) is 0 Å². The topological polar surface area (TPSA) is 109 Å². The summed E-state index contributed by atoms with van der Waals surface area (Å²) in [6, 6.07) is 8.32. The molecule has 3 N–H and O–H groups in total. The first-order chi connectivity index (χ1) is 12.9. The summed E-state index contributed by atoms with van der Waals surface area (Å²) in [7, 11) is 1.53. The Morgan fingerprint density at radius 1 is 1.11 bits per heavy atom. The van der Waals surface area contributed by atoms with Gasteiger partial charge in [-0.15, -0.1) is 0 Å². The lowest BCUT2D eigenvalue weighted by atomic mass is 10.0. The van der Waals surface area contributed by atoms with Crippen molar-refractivity contribution in [3.8, 4) is 0 Å². The molecule has 0 spiro atoms. The van der Waals surface area contributed by atoms with E-state index in [1.165, 1.54) is 7.05 Å². The first-order valence-electron chi connectivity index (χ1n) is 8.56. The highest BCUT2D eigenvalue weighted by atomic mass is 16.5. The third-order valence-corrected chi connectivity index (χ3v) is 4.08. The maximum absolute atomic E-state index is 12.9.